The van der Waals surface area contributed by atoms with Crippen LogP contribution in [0.15, 0.2) is 24.3 Å². The first-order valence-electron chi connectivity index (χ1n) is 8.26. The van der Waals surface area contributed by atoms with Crippen molar-refractivity contribution in [2.45, 2.75) is 25.4 Å². The molecule has 2 aliphatic heterocycles. The van der Waals surface area contributed by atoms with Crippen LogP contribution in [0.2, 0.25) is 0 Å². The van der Waals surface area contributed by atoms with Crippen LogP contribution in [0.4, 0.5) is 0 Å². The van der Waals surface area contributed by atoms with E-state index in [1.807, 2.05) is 29.2 Å². The molecule has 1 aromatic carbocycles. The number of fused-ring (bicyclic) bond motifs is 1. The molecule has 0 bridgehead atoms. The number of rotatable bonds is 5. The third-order valence-corrected chi connectivity index (χ3v) is 4.54. The monoisotopic (exact) mass is 315 g/mol. The van der Waals surface area contributed by atoms with Crippen molar-refractivity contribution in [3.63, 3.8) is 0 Å². The van der Waals surface area contributed by atoms with Crippen molar-refractivity contribution in [2.24, 2.45) is 5.92 Å². The summed E-state index contributed by atoms with van der Waals surface area (Å²) in [6.45, 7) is 2.61. The Hall–Kier alpha value is -2.01. The molecule has 1 aromatic rings. The lowest BCUT2D eigenvalue weighted by Gasteiger charge is -2.14. The standard InChI is InChI=1S/C18H21NO4/c20-18(19-8-7-15(10-19)21-11-14-1-2-14)6-4-13-3-5-16-17(9-13)23-12-22-16/h3-6,9,14-15H,1-2,7-8,10-12H2/b6-4+. The number of likely N-dealkylation sites (tertiary alicyclic amines) is 1. The summed E-state index contributed by atoms with van der Waals surface area (Å²) in [4.78, 5) is 14.1. The summed E-state index contributed by atoms with van der Waals surface area (Å²) in [6.07, 6.45) is 7.19. The molecule has 1 saturated carbocycles. The maximum absolute atomic E-state index is 12.3. The first-order valence-corrected chi connectivity index (χ1v) is 8.26. The van der Waals surface area contributed by atoms with Crippen LogP contribution in [-0.2, 0) is 9.53 Å². The molecule has 1 unspecified atom stereocenters. The molecule has 3 aliphatic rings. The van der Waals surface area contributed by atoms with E-state index in [-0.39, 0.29) is 18.8 Å². The molecular formula is C18H21NO4. The van der Waals surface area contributed by atoms with Crippen LogP contribution >= 0.6 is 0 Å². The van der Waals surface area contributed by atoms with Gasteiger partial charge in [-0.3, -0.25) is 4.79 Å². The SMILES string of the molecule is O=C(/C=C/c1ccc2c(c1)OCO2)N1CCC(OCC2CC2)C1. The van der Waals surface area contributed by atoms with Gasteiger partial charge in [0.15, 0.2) is 11.5 Å². The van der Waals surface area contributed by atoms with Crippen LogP contribution in [0.5, 0.6) is 11.5 Å². The normalized spacial score (nSPS) is 23.0. The van der Waals surface area contributed by atoms with Gasteiger partial charge in [-0.05, 0) is 49.0 Å². The van der Waals surface area contributed by atoms with Crippen LogP contribution in [-0.4, -0.2) is 43.4 Å². The van der Waals surface area contributed by atoms with Gasteiger partial charge < -0.3 is 19.1 Å². The lowest BCUT2D eigenvalue weighted by Crippen LogP contribution is -2.28. The highest BCUT2D eigenvalue weighted by atomic mass is 16.7. The third kappa shape index (κ3) is 3.50. The van der Waals surface area contributed by atoms with Gasteiger partial charge in [0.25, 0.3) is 0 Å². The Kier molecular flexibility index (Phi) is 3.95. The summed E-state index contributed by atoms with van der Waals surface area (Å²) in [5, 5.41) is 0. The number of carbonyl (C=O) groups is 1. The zero-order valence-corrected chi connectivity index (χ0v) is 13.1. The lowest BCUT2D eigenvalue weighted by molar-refractivity contribution is -0.125. The smallest absolute Gasteiger partial charge is 0.246 e. The summed E-state index contributed by atoms with van der Waals surface area (Å²) < 4.78 is 16.5. The molecule has 2 fully saturated rings. The van der Waals surface area contributed by atoms with Gasteiger partial charge in [-0.25, -0.2) is 0 Å². The van der Waals surface area contributed by atoms with Crippen LogP contribution in [0.25, 0.3) is 6.08 Å². The molecule has 1 saturated heterocycles. The van der Waals surface area contributed by atoms with E-state index >= 15 is 0 Å². The second kappa shape index (κ2) is 6.24. The fraction of sp³-hybridized carbons (Fsp3) is 0.500. The predicted molar refractivity (Wildman–Crippen MR) is 85.3 cm³/mol. The Bertz CT molecular complexity index is 623. The molecule has 23 heavy (non-hydrogen) atoms. The van der Waals surface area contributed by atoms with E-state index in [4.69, 9.17) is 14.2 Å². The topological polar surface area (TPSA) is 48.0 Å². The third-order valence-electron chi connectivity index (χ3n) is 4.54. The molecule has 1 amide bonds. The van der Waals surface area contributed by atoms with Gasteiger partial charge in [0.05, 0.1) is 6.10 Å². The zero-order valence-electron chi connectivity index (χ0n) is 13.1. The molecule has 5 heteroatoms. The molecule has 0 aromatic heterocycles. The quantitative estimate of drug-likeness (QED) is 0.783. The number of ether oxygens (including phenoxy) is 3. The van der Waals surface area contributed by atoms with E-state index in [0.717, 1.165) is 42.6 Å². The first-order chi connectivity index (χ1) is 11.3. The van der Waals surface area contributed by atoms with Crippen LogP contribution in [0.3, 0.4) is 0 Å². The van der Waals surface area contributed by atoms with Gasteiger partial charge in [0, 0.05) is 25.8 Å². The van der Waals surface area contributed by atoms with E-state index in [1.165, 1.54) is 12.8 Å². The Balaban J connectivity index is 1.30. The van der Waals surface area contributed by atoms with E-state index in [2.05, 4.69) is 0 Å². The highest BCUT2D eigenvalue weighted by molar-refractivity contribution is 5.92. The molecule has 4 rings (SSSR count). The maximum Gasteiger partial charge on any atom is 0.246 e. The highest BCUT2D eigenvalue weighted by Crippen LogP contribution is 2.33. The van der Waals surface area contributed by atoms with Crippen LogP contribution in [0.1, 0.15) is 24.8 Å². The first kappa shape index (κ1) is 14.6. The summed E-state index contributed by atoms with van der Waals surface area (Å²) in [7, 11) is 0. The molecule has 0 spiro atoms. The minimum Gasteiger partial charge on any atom is -0.454 e. The average Bonchev–Trinajstić information content (AvgIpc) is 3.09. The highest BCUT2D eigenvalue weighted by Gasteiger charge is 2.28. The Morgan fingerprint density at radius 1 is 1.26 bits per heavy atom. The molecule has 1 atom stereocenters. The van der Waals surface area contributed by atoms with Crippen molar-refractivity contribution in [3.8, 4) is 11.5 Å². The number of amides is 1. The van der Waals surface area contributed by atoms with E-state index in [0.29, 0.717) is 6.54 Å². The average molecular weight is 315 g/mol. The molecule has 0 radical (unpaired) electrons. The van der Waals surface area contributed by atoms with Gasteiger partial charge in [-0.1, -0.05) is 6.07 Å². The molecule has 5 nitrogen and oxygen atoms in total. The Labute approximate surface area is 135 Å². The number of carbonyl (C=O) groups excluding carboxylic acids is 1. The van der Waals surface area contributed by atoms with E-state index < -0.39 is 0 Å². The van der Waals surface area contributed by atoms with Gasteiger partial charge in [-0.2, -0.15) is 0 Å². The fourth-order valence-corrected chi connectivity index (χ4v) is 2.91. The molecule has 0 N–H and O–H groups in total. The van der Waals surface area contributed by atoms with Crippen molar-refractivity contribution in [1.29, 1.82) is 0 Å². The molecular weight excluding hydrogens is 294 g/mol. The number of hydrogen-bond acceptors (Lipinski definition) is 4. The van der Waals surface area contributed by atoms with E-state index in [1.54, 1.807) is 6.08 Å². The lowest BCUT2D eigenvalue weighted by atomic mass is 10.2. The number of hydrogen-bond donors (Lipinski definition) is 0. The fourth-order valence-electron chi connectivity index (χ4n) is 2.91. The van der Waals surface area contributed by atoms with Gasteiger partial charge in [0.2, 0.25) is 12.7 Å². The largest absolute Gasteiger partial charge is 0.454 e. The minimum atomic E-state index is 0.0418. The predicted octanol–water partition coefficient (Wildman–Crippen LogP) is 2.46. The van der Waals surface area contributed by atoms with Crippen LogP contribution < -0.4 is 9.47 Å². The Morgan fingerprint density at radius 3 is 3.00 bits per heavy atom. The summed E-state index contributed by atoms with van der Waals surface area (Å²) in [6, 6.07) is 5.67. The summed E-state index contributed by atoms with van der Waals surface area (Å²) >= 11 is 0. The van der Waals surface area contributed by atoms with Crippen molar-refractivity contribution in [3.05, 3.63) is 29.8 Å². The molecule has 2 heterocycles. The minimum absolute atomic E-state index is 0.0418. The zero-order chi connectivity index (χ0) is 15.6. The van der Waals surface area contributed by atoms with Gasteiger partial charge >= 0.3 is 0 Å². The Morgan fingerprint density at radius 2 is 2.13 bits per heavy atom. The van der Waals surface area contributed by atoms with Crippen molar-refractivity contribution >= 4 is 12.0 Å². The van der Waals surface area contributed by atoms with Gasteiger partial charge in [-0.15, -0.1) is 0 Å². The summed E-state index contributed by atoms with van der Waals surface area (Å²) in [5.74, 6) is 2.30. The molecule has 1 aliphatic carbocycles. The summed E-state index contributed by atoms with van der Waals surface area (Å²) in [5.41, 5.74) is 0.934. The van der Waals surface area contributed by atoms with Crippen molar-refractivity contribution in [2.75, 3.05) is 26.5 Å². The second-order valence-corrected chi connectivity index (χ2v) is 6.42. The maximum atomic E-state index is 12.3. The van der Waals surface area contributed by atoms with Crippen LogP contribution in [0, 0.1) is 5.92 Å². The van der Waals surface area contributed by atoms with E-state index in [9.17, 15) is 4.79 Å². The second-order valence-electron chi connectivity index (χ2n) is 6.42. The number of benzene rings is 1. The van der Waals surface area contributed by atoms with Gasteiger partial charge in [0.1, 0.15) is 0 Å². The van der Waals surface area contributed by atoms with Crippen molar-refractivity contribution < 1.29 is 19.0 Å². The van der Waals surface area contributed by atoms with Crippen molar-refractivity contribution in [1.82, 2.24) is 4.90 Å². The molecule has 122 valence electrons. The number of nitrogens with zero attached hydrogens (tertiary/aromatic N) is 1.